The van der Waals surface area contributed by atoms with Crippen LogP contribution >= 0.6 is 11.6 Å². The molecule has 34 heavy (non-hydrogen) atoms. The Balaban J connectivity index is 1.60. The molecule has 1 aromatic carbocycles. The maximum atomic E-state index is 13.5. The van der Waals surface area contributed by atoms with Crippen LogP contribution in [0.15, 0.2) is 51.5 Å². The average molecular weight is 498 g/mol. The van der Waals surface area contributed by atoms with Crippen LogP contribution < -0.4 is 16.9 Å². The number of piperidine rings is 1. The summed E-state index contributed by atoms with van der Waals surface area (Å²) in [6.07, 6.45) is -1.07. The third-order valence-electron chi connectivity index (χ3n) is 6.11. The normalized spacial score (nSPS) is 22.9. The molecule has 0 aromatic heterocycles. The van der Waals surface area contributed by atoms with Crippen molar-refractivity contribution < 1.29 is 18.0 Å². The summed E-state index contributed by atoms with van der Waals surface area (Å²) in [6, 6.07) is 3.52. The smallest absolute Gasteiger partial charge is 0.394 e. The first-order valence-corrected chi connectivity index (χ1v) is 11.3. The Kier molecular flexibility index (Phi) is 6.94. The number of halogens is 4. The SMILES string of the molecule is CN1CCC(C2=NC(=C(N)C=C3C(N)=NCCN3Cc3cc(Cl)ccc3C(F)(F)F)ON2)CC1. The zero-order chi connectivity index (χ0) is 24.5. The van der Waals surface area contributed by atoms with Crippen molar-refractivity contribution in [3.63, 3.8) is 0 Å². The fraction of sp³-hybridized carbons (Fsp3) is 0.455. The quantitative estimate of drug-likeness (QED) is 0.591. The number of nitrogens with two attached hydrogens (primary N) is 2. The number of aliphatic imine (C=N–C) groups is 2. The molecule has 3 aliphatic rings. The summed E-state index contributed by atoms with van der Waals surface area (Å²) in [6.45, 7) is 2.58. The number of allylic oxidation sites excluding steroid dienone is 1. The molecule has 0 bridgehead atoms. The van der Waals surface area contributed by atoms with Gasteiger partial charge in [0.25, 0.3) is 5.88 Å². The van der Waals surface area contributed by atoms with Gasteiger partial charge in [0.15, 0.2) is 0 Å². The second kappa shape index (κ2) is 9.75. The van der Waals surface area contributed by atoms with Crippen LogP contribution in [0.1, 0.15) is 24.0 Å². The van der Waals surface area contributed by atoms with Crippen LogP contribution in [0.5, 0.6) is 0 Å². The van der Waals surface area contributed by atoms with Crippen LogP contribution in [0.2, 0.25) is 5.02 Å². The third-order valence-corrected chi connectivity index (χ3v) is 6.34. The van der Waals surface area contributed by atoms with E-state index in [-0.39, 0.29) is 40.5 Å². The van der Waals surface area contributed by atoms with Gasteiger partial charge in [-0.2, -0.15) is 18.2 Å². The topological polar surface area (TPSA) is 104 Å². The highest BCUT2D eigenvalue weighted by Crippen LogP contribution is 2.34. The first kappa shape index (κ1) is 24.2. The van der Waals surface area contributed by atoms with Gasteiger partial charge in [0.1, 0.15) is 11.7 Å². The molecule has 12 heteroatoms. The van der Waals surface area contributed by atoms with Crippen LogP contribution in [-0.2, 0) is 17.6 Å². The Bertz CT molecular complexity index is 1060. The van der Waals surface area contributed by atoms with Crippen LogP contribution in [0.25, 0.3) is 0 Å². The maximum Gasteiger partial charge on any atom is 0.416 e. The Labute approximate surface area is 200 Å². The largest absolute Gasteiger partial charge is 0.416 e. The highest BCUT2D eigenvalue weighted by Gasteiger charge is 2.34. The van der Waals surface area contributed by atoms with Crippen molar-refractivity contribution in [2.24, 2.45) is 27.4 Å². The molecule has 1 fully saturated rings. The van der Waals surface area contributed by atoms with Gasteiger partial charge in [-0.1, -0.05) is 11.6 Å². The van der Waals surface area contributed by atoms with E-state index in [2.05, 4.69) is 27.4 Å². The lowest BCUT2D eigenvalue weighted by Gasteiger charge is -2.31. The van der Waals surface area contributed by atoms with Crippen molar-refractivity contribution in [2.75, 3.05) is 33.2 Å². The van der Waals surface area contributed by atoms with Gasteiger partial charge in [0.05, 0.1) is 23.5 Å². The number of hydroxylamine groups is 1. The number of benzene rings is 1. The summed E-state index contributed by atoms with van der Waals surface area (Å²) in [5.74, 6) is 1.34. The minimum absolute atomic E-state index is 0.0354. The Morgan fingerprint density at radius 3 is 2.74 bits per heavy atom. The summed E-state index contributed by atoms with van der Waals surface area (Å²) in [5, 5.41) is 0.218. The molecule has 0 amide bonds. The van der Waals surface area contributed by atoms with E-state index in [9.17, 15) is 13.2 Å². The van der Waals surface area contributed by atoms with Gasteiger partial charge in [-0.3, -0.25) is 4.99 Å². The number of alkyl halides is 3. The molecule has 4 rings (SSSR count). The van der Waals surface area contributed by atoms with E-state index in [1.165, 1.54) is 18.2 Å². The maximum absolute atomic E-state index is 13.5. The van der Waals surface area contributed by atoms with Crippen molar-refractivity contribution in [1.82, 2.24) is 15.3 Å². The lowest BCUT2D eigenvalue weighted by Crippen LogP contribution is -2.38. The molecule has 5 N–H and O–H groups in total. The van der Waals surface area contributed by atoms with E-state index in [4.69, 9.17) is 27.9 Å². The number of nitrogens with one attached hydrogen (secondary N) is 1. The summed E-state index contributed by atoms with van der Waals surface area (Å²) in [7, 11) is 2.08. The average Bonchev–Trinajstić information content (AvgIpc) is 3.26. The van der Waals surface area contributed by atoms with Crippen LogP contribution in [-0.4, -0.2) is 54.7 Å². The second-order valence-corrected chi connectivity index (χ2v) is 8.99. The second-order valence-electron chi connectivity index (χ2n) is 8.56. The summed E-state index contributed by atoms with van der Waals surface area (Å²) in [4.78, 5) is 18.2. The third kappa shape index (κ3) is 5.41. The Morgan fingerprint density at radius 2 is 2.03 bits per heavy atom. The van der Waals surface area contributed by atoms with E-state index in [1.54, 1.807) is 4.90 Å². The number of rotatable bonds is 4. The molecule has 8 nitrogen and oxygen atoms in total. The highest BCUT2D eigenvalue weighted by atomic mass is 35.5. The standard InChI is InChI=1S/C22H27ClF3N7O/c1-32-7-4-13(5-8-32)20-30-21(34-31-20)17(27)11-18-19(28)29-6-9-33(18)12-14-10-15(23)2-3-16(14)22(24,25)26/h2-3,10-11,13H,4-9,12,27H2,1H3,(H2,28,29)(H,30,31). The highest BCUT2D eigenvalue weighted by molar-refractivity contribution is 6.30. The minimum Gasteiger partial charge on any atom is -0.394 e. The summed E-state index contributed by atoms with van der Waals surface area (Å²) >= 11 is 5.99. The number of likely N-dealkylation sites (tertiary alicyclic amines) is 1. The van der Waals surface area contributed by atoms with Crippen molar-refractivity contribution in [2.45, 2.75) is 25.6 Å². The summed E-state index contributed by atoms with van der Waals surface area (Å²) < 4.78 is 40.6. The number of amidine groups is 2. The zero-order valence-corrected chi connectivity index (χ0v) is 19.5. The van der Waals surface area contributed by atoms with Crippen LogP contribution in [0, 0.1) is 5.92 Å². The number of hydrogen-bond donors (Lipinski definition) is 3. The predicted octanol–water partition coefficient (Wildman–Crippen LogP) is 2.82. The van der Waals surface area contributed by atoms with Gasteiger partial charge in [-0.25, -0.2) is 5.48 Å². The molecule has 184 valence electrons. The number of hydrogen-bond acceptors (Lipinski definition) is 8. The van der Waals surface area contributed by atoms with E-state index in [1.807, 2.05) is 0 Å². The summed E-state index contributed by atoms with van der Waals surface area (Å²) in [5.41, 5.74) is 15.1. The number of nitrogens with zero attached hydrogens (tertiary/aromatic N) is 4. The van der Waals surface area contributed by atoms with Gasteiger partial charge < -0.3 is 26.1 Å². The fourth-order valence-corrected chi connectivity index (χ4v) is 4.40. The van der Waals surface area contributed by atoms with E-state index in [0.29, 0.717) is 18.8 Å². The molecule has 0 spiro atoms. The lowest BCUT2D eigenvalue weighted by atomic mass is 9.96. The lowest BCUT2D eigenvalue weighted by molar-refractivity contribution is -0.138. The molecule has 0 saturated carbocycles. The van der Waals surface area contributed by atoms with E-state index in [0.717, 1.165) is 37.8 Å². The van der Waals surface area contributed by atoms with Crippen LogP contribution in [0.3, 0.4) is 0 Å². The van der Waals surface area contributed by atoms with Crippen molar-refractivity contribution in [3.05, 3.63) is 57.7 Å². The Hall–Kier alpha value is -2.92. The fourth-order valence-electron chi connectivity index (χ4n) is 4.20. The molecule has 0 atom stereocenters. The monoisotopic (exact) mass is 497 g/mol. The molecule has 1 saturated heterocycles. The molecule has 0 unspecified atom stereocenters. The minimum atomic E-state index is -4.51. The van der Waals surface area contributed by atoms with Gasteiger partial charge >= 0.3 is 6.18 Å². The molecular weight excluding hydrogens is 471 g/mol. The first-order chi connectivity index (χ1) is 16.1. The van der Waals surface area contributed by atoms with Gasteiger partial charge in [0, 0.05) is 24.0 Å². The predicted molar refractivity (Wildman–Crippen MR) is 125 cm³/mol. The van der Waals surface area contributed by atoms with E-state index >= 15 is 0 Å². The van der Waals surface area contributed by atoms with Crippen molar-refractivity contribution in [1.29, 1.82) is 0 Å². The van der Waals surface area contributed by atoms with Gasteiger partial charge in [-0.15, -0.1) is 0 Å². The van der Waals surface area contributed by atoms with Crippen LogP contribution in [0.4, 0.5) is 13.2 Å². The molecule has 0 aliphatic carbocycles. The molecule has 3 aliphatic heterocycles. The van der Waals surface area contributed by atoms with Gasteiger partial charge in [-0.05, 0) is 62.8 Å². The van der Waals surface area contributed by atoms with Crippen molar-refractivity contribution >= 4 is 23.3 Å². The molecular formula is C22H27ClF3N7O. The van der Waals surface area contributed by atoms with E-state index < -0.39 is 11.7 Å². The molecule has 3 heterocycles. The zero-order valence-electron chi connectivity index (χ0n) is 18.7. The van der Waals surface area contributed by atoms with Crippen molar-refractivity contribution in [3.8, 4) is 0 Å². The Morgan fingerprint density at radius 1 is 1.29 bits per heavy atom. The van der Waals surface area contributed by atoms with Gasteiger partial charge in [0.2, 0.25) is 0 Å². The molecule has 1 aromatic rings. The molecule has 0 radical (unpaired) electrons. The first-order valence-electron chi connectivity index (χ1n) is 10.9.